The van der Waals surface area contributed by atoms with Crippen molar-refractivity contribution >= 4 is 42.4 Å². The molecule has 37 heavy (non-hydrogen) atoms. The number of nitrogens with zero attached hydrogens (tertiary/aromatic N) is 1. The van der Waals surface area contributed by atoms with Crippen molar-refractivity contribution in [2.45, 2.75) is 50.3 Å². The van der Waals surface area contributed by atoms with Gasteiger partial charge in [-0.3, -0.25) is 9.52 Å². The summed E-state index contributed by atoms with van der Waals surface area (Å²) < 4.78 is 57.6. The first-order valence-corrected chi connectivity index (χ1v) is 14.8. The summed E-state index contributed by atoms with van der Waals surface area (Å²) in [6.07, 6.45) is 0.654. The highest BCUT2D eigenvalue weighted by molar-refractivity contribution is 7.92. The van der Waals surface area contributed by atoms with Gasteiger partial charge in [0.1, 0.15) is 0 Å². The van der Waals surface area contributed by atoms with E-state index >= 15 is 0 Å². The molecule has 3 aromatic carbocycles. The van der Waals surface area contributed by atoms with Gasteiger partial charge in [0.2, 0.25) is 0 Å². The van der Waals surface area contributed by atoms with Crippen LogP contribution in [0.5, 0.6) is 0 Å². The normalized spacial score (nSPS) is 15.5. The number of aryl methyl sites for hydroxylation is 2. The molecule has 1 aliphatic rings. The van der Waals surface area contributed by atoms with Crippen LogP contribution in [0.2, 0.25) is 0 Å². The predicted molar refractivity (Wildman–Crippen MR) is 144 cm³/mol. The van der Waals surface area contributed by atoms with E-state index in [-0.39, 0.29) is 27.7 Å². The molecule has 0 fully saturated rings. The Morgan fingerprint density at radius 1 is 0.784 bits per heavy atom. The second-order valence-corrected chi connectivity index (χ2v) is 14.0. The second-order valence-electron chi connectivity index (χ2n) is 10.5. The molecule has 4 aromatic rings. The number of anilines is 1. The van der Waals surface area contributed by atoms with Crippen molar-refractivity contribution in [1.82, 2.24) is 3.97 Å². The molecule has 1 heterocycles. The molecule has 5 rings (SSSR count). The van der Waals surface area contributed by atoms with Gasteiger partial charge in [0.25, 0.3) is 20.0 Å². The summed E-state index contributed by atoms with van der Waals surface area (Å²) >= 11 is 0. The molecule has 0 saturated heterocycles. The first kappa shape index (κ1) is 25.2. The molecule has 0 amide bonds. The minimum Gasteiger partial charge on any atom is -0.294 e. The highest BCUT2D eigenvalue weighted by atomic mass is 32.2. The summed E-state index contributed by atoms with van der Waals surface area (Å²) in [5.41, 5.74) is 2.80. The fraction of sp³-hybridized carbons (Fsp3) is 0.250. The molecule has 1 N–H and O–H groups in total. The number of hydrogen-bond acceptors (Lipinski definition) is 5. The Morgan fingerprint density at radius 3 is 1.95 bits per heavy atom. The van der Waals surface area contributed by atoms with Crippen molar-refractivity contribution in [2.24, 2.45) is 5.41 Å². The number of aromatic nitrogens is 1. The van der Waals surface area contributed by atoms with Gasteiger partial charge in [-0.1, -0.05) is 49.2 Å². The van der Waals surface area contributed by atoms with Crippen LogP contribution in [-0.2, 0) is 26.5 Å². The van der Waals surface area contributed by atoms with E-state index in [2.05, 4.69) is 4.72 Å². The fourth-order valence-corrected chi connectivity index (χ4v) is 7.52. The van der Waals surface area contributed by atoms with Crippen LogP contribution in [0, 0.1) is 19.3 Å². The van der Waals surface area contributed by atoms with Crippen LogP contribution in [0.4, 0.5) is 5.69 Å². The van der Waals surface area contributed by atoms with E-state index in [9.17, 15) is 21.6 Å². The lowest BCUT2D eigenvalue weighted by molar-refractivity contribution is 0.0913. The number of nitrogens with one attached hydrogen (secondary N) is 1. The van der Waals surface area contributed by atoms with E-state index in [1.54, 1.807) is 48.5 Å². The van der Waals surface area contributed by atoms with Crippen molar-refractivity contribution in [3.05, 3.63) is 89.1 Å². The quantitative estimate of drug-likeness (QED) is 0.365. The maximum Gasteiger partial charge on any atom is 0.268 e. The van der Waals surface area contributed by atoms with Crippen LogP contribution in [0.15, 0.2) is 76.5 Å². The number of fused-ring (bicyclic) bond motifs is 3. The van der Waals surface area contributed by atoms with E-state index in [1.807, 2.05) is 27.7 Å². The van der Waals surface area contributed by atoms with Crippen LogP contribution in [0.1, 0.15) is 47.4 Å². The highest BCUT2D eigenvalue weighted by Gasteiger charge is 2.38. The lowest BCUT2D eigenvalue weighted by Crippen LogP contribution is -2.29. The first-order valence-electron chi connectivity index (χ1n) is 11.9. The van der Waals surface area contributed by atoms with Gasteiger partial charge in [-0.2, -0.15) is 0 Å². The van der Waals surface area contributed by atoms with Crippen molar-refractivity contribution in [1.29, 1.82) is 0 Å². The number of carbonyl (C=O) groups is 1. The summed E-state index contributed by atoms with van der Waals surface area (Å²) in [6, 6.07) is 17.7. The Bertz CT molecular complexity index is 1770. The zero-order valence-electron chi connectivity index (χ0n) is 21.1. The highest BCUT2D eigenvalue weighted by Crippen LogP contribution is 2.42. The number of benzene rings is 3. The van der Waals surface area contributed by atoms with Crippen molar-refractivity contribution < 1.29 is 21.6 Å². The van der Waals surface area contributed by atoms with Gasteiger partial charge < -0.3 is 0 Å². The third-order valence-corrected chi connectivity index (χ3v) is 9.89. The zero-order valence-corrected chi connectivity index (χ0v) is 22.7. The van der Waals surface area contributed by atoms with E-state index in [4.69, 9.17) is 0 Å². The molecule has 0 saturated carbocycles. The molecule has 0 bridgehead atoms. The molecule has 9 heteroatoms. The van der Waals surface area contributed by atoms with Crippen LogP contribution in [0.25, 0.3) is 10.9 Å². The molecule has 0 spiro atoms. The van der Waals surface area contributed by atoms with E-state index in [0.29, 0.717) is 28.6 Å². The van der Waals surface area contributed by atoms with Crippen LogP contribution < -0.4 is 4.72 Å². The number of hydrogen-bond donors (Lipinski definition) is 1. The lowest BCUT2D eigenvalue weighted by Gasteiger charge is -2.29. The molecule has 0 atom stereocenters. The lowest BCUT2D eigenvalue weighted by atomic mass is 9.76. The Morgan fingerprint density at radius 2 is 1.35 bits per heavy atom. The average molecular weight is 537 g/mol. The molecular weight excluding hydrogens is 508 g/mol. The van der Waals surface area contributed by atoms with Gasteiger partial charge in [-0.15, -0.1) is 0 Å². The summed E-state index contributed by atoms with van der Waals surface area (Å²) in [5, 5.41) is 0.412. The number of carbonyl (C=O) groups excluding carboxylic acids is 1. The molecular formula is C28H28N2O5S2. The zero-order chi connectivity index (χ0) is 26.8. The van der Waals surface area contributed by atoms with Gasteiger partial charge >= 0.3 is 0 Å². The largest absolute Gasteiger partial charge is 0.294 e. The Labute approximate surface area is 217 Å². The van der Waals surface area contributed by atoms with Crippen LogP contribution in [-0.4, -0.2) is 26.6 Å². The molecule has 1 aromatic heterocycles. The third-order valence-electron chi connectivity index (χ3n) is 6.73. The third kappa shape index (κ3) is 4.46. The Hall–Kier alpha value is -3.43. The molecule has 0 radical (unpaired) electrons. The van der Waals surface area contributed by atoms with Gasteiger partial charge in [-0.25, -0.2) is 20.8 Å². The second kappa shape index (κ2) is 8.56. The monoisotopic (exact) mass is 536 g/mol. The standard InChI is InChI=1S/C28H28N2O5S2/c1-18-5-10-21(11-6-18)36(32,33)29-20-9-14-24-23(15-20)27-25(16-28(3,4)17-26(27)31)30(24)37(34,35)22-12-7-19(2)8-13-22/h5-15,29H,16-17H2,1-4H3. The van der Waals surface area contributed by atoms with Gasteiger partial charge in [0, 0.05) is 28.8 Å². The first-order chi connectivity index (χ1) is 17.3. The summed E-state index contributed by atoms with van der Waals surface area (Å²) in [7, 11) is -7.90. The number of Topliss-reactive ketones (excluding diaryl/α,β-unsaturated/α-hetero) is 1. The van der Waals surface area contributed by atoms with Crippen LogP contribution >= 0.6 is 0 Å². The Kier molecular flexibility index (Phi) is 5.84. The molecule has 7 nitrogen and oxygen atoms in total. The van der Waals surface area contributed by atoms with Gasteiger partial charge in [0.15, 0.2) is 5.78 Å². The van der Waals surface area contributed by atoms with Crippen molar-refractivity contribution in [3.63, 3.8) is 0 Å². The summed E-state index contributed by atoms with van der Waals surface area (Å²) in [6.45, 7) is 7.63. The smallest absolute Gasteiger partial charge is 0.268 e. The summed E-state index contributed by atoms with van der Waals surface area (Å²) in [5.74, 6) is -0.160. The number of sulfonamides is 1. The van der Waals surface area contributed by atoms with Gasteiger partial charge in [-0.05, 0) is 68.1 Å². The van der Waals surface area contributed by atoms with Crippen LogP contribution in [0.3, 0.4) is 0 Å². The van der Waals surface area contributed by atoms with Crippen molar-refractivity contribution in [3.8, 4) is 0 Å². The number of rotatable bonds is 5. The van der Waals surface area contributed by atoms with E-state index in [1.165, 1.54) is 22.2 Å². The summed E-state index contributed by atoms with van der Waals surface area (Å²) in [4.78, 5) is 13.6. The SMILES string of the molecule is Cc1ccc(S(=O)(=O)Nc2ccc3c(c2)c2c(n3S(=O)(=O)c3ccc(C)cc3)CC(C)(C)CC2=O)cc1. The predicted octanol–water partition coefficient (Wildman–Crippen LogP) is 5.45. The van der Waals surface area contributed by atoms with E-state index in [0.717, 1.165) is 11.1 Å². The topological polar surface area (TPSA) is 102 Å². The van der Waals surface area contributed by atoms with E-state index < -0.39 is 25.5 Å². The van der Waals surface area contributed by atoms with Crippen molar-refractivity contribution in [2.75, 3.05) is 4.72 Å². The molecule has 0 unspecified atom stereocenters. The number of ketones is 1. The minimum atomic E-state index is -4.02. The average Bonchev–Trinajstić information content (AvgIpc) is 3.12. The Balaban J connectivity index is 1.70. The fourth-order valence-electron chi connectivity index (χ4n) is 4.91. The minimum absolute atomic E-state index is 0.109. The maximum absolute atomic E-state index is 13.9. The molecule has 192 valence electrons. The van der Waals surface area contributed by atoms with Gasteiger partial charge in [0.05, 0.1) is 15.3 Å². The molecule has 0 aliphatic heterocycles. The molecule has 1 aliphatic carbocycles. The maximum atomic E-state index is 13.9.